The van der Waals surface area contributed by atoms with Gasteiger partial charge in [0, 0.05) is 10.8 Å². The molecule has 0 saturated carbocycles. The average Bonchev–Trinajstić information content (AvgIpc) is 3.50. The fraction of sp³-hybridized carbons (Fsp3) is 0.143. The molecule has 0 spiro atoms. The Morgan fingerprint density at radius 3 is 1.57 bits per heavy atom. The van der Waals surface area contributed by atoms with E-state index in [1.807, 2.05) is 0 Å². The summed E-state index contributed by atoms with van der Waals surface area (Å²) in [5, 5.41) is 7.94. The van der Waals surface area contributed by atoms with Gasteiger partial charge in [-0.1, -0.05) is 167 Å². The Hall–Kier alpha value is -5.46. The van der Waals surface area contributed by atoms with Crippen molar-refractivity contribution >= 4 is 32.3 Å². The summed E-state index contributed by atoms with van der Waals surface area (Å²) in [6.45, 7) is 11.9. The molecule has 0 nitrogen and oxygen atoms in total. The molecule has 0 aliphatic heterocycles. The second-order valence-corrected chi connectivity index (χ2v) is 15.3. The first-order valence-electron chi connectivity index (χ1n) is 17.6. The minimum Gasteiger partial charge on any atom is -0.0622 e. The fourth-order valence-electron chi connectivity index (χ4n) is 9.58. The van der Waals surface area contributed by atoms with Crippen molar-refractivity contribution in [2.45, 2.75) is 45.4 Å². The predicted octanol–water partition coefficient (Wildman–Crippen LogP) is 13.4. The van der Waals surface area contributed by atoms with Crippen LogP contribution in [0.1, 0.15) is 55.5 Å². The summed E-state index contributed by atoms with van der Waals surface area (Å²) in [4.78, 5) is 0. The maximum absolute atomic E-state index is 2.57. The van der Waals surface area contributed by atoms with E-state index in [9.17, 15) is 0 Å². The summed E-state index contributed by atoms with van der Waals surface area (Å²) >= 11 is 0. The highest BCUT2D eigenvalue weighted by Crippen LogP contribution is 2.59. The van der Waals surface area contributed by atoms with Gasteiger partial charge in [0.25, 0.3) is 0 Å². The van der Waals surface area contributed by atoms with Crippen LogP contribution in [0.4, 0.5) is 0 Å². The van der Waals surface area contributed by atoms with Gasteiger partial charge in [-0.15, -0.1) is 0 Å². The van der Waals surface area contributed by atoms with Crippen molar-refractivity contribution in [1.82, 2.24) is 0 Å². The van der Waals surface area contributed by atoms with Crippen LogP contribution in [0.2, 0.25) is 0 Å². The van der Waals surface area contributed by atoms with Gasteiger partial charge in [-0.25, -0.2) is 0 Å². The number of aryl methyl sites for hydroxylation is 1. The molecule has 0 heterocycles. The first-order chi connectivity index (χ1) is 23.8. The number of fused-ring (bicyclic) bond motifs is 11. The van der Waals surface area contributed by atoms with E-state index in [4.69, 9.17) is 0 Å². The molecule has 0 unspecified atom stereocenters. The zero-order valence-corrected chi connectivity index (χ0v) is 28.8. The molecule has 8 aromatic rings. The summed E-state index contributed by atoms with van der Waals surface area (Å²) in [5.74, 6) is 0. The number of benzene rings is 8. The van der Waals surface area contributed by atoms with Gasteiger partial charge in [-0.2, -0.15) is 0 Å². The third-order valence-corrected chi connectivity index (χ3v) is 11.9. The maximum atomic E-state index is 2.57. The average molecular weight is 627 g/mol. The van der Waals surface area contributed by atoms with Crippen LogP contribution < -0.4 is 0 Å². The smallest absolute Gasteiger partial charge is 0.0159 e. The van der Waals surface area contributed by atoms with Crippen molar-refractivity contribution in [1.29, 1.82) is 0 Å². The van der Waals surface area contributed by atoms with Crippen LogP contribution in [0.3, 0.4) is 0 Å². The zero-order chi connectivity index (χ0) is 33.2. The normalized spacial score (nSPS) is 15.0. The molecular formula is C49H38. The molecule has 49 heavy (non-hydrogen) atoms. The molecule has 0 heteroatoms. The second kappa shape index (κ2) is 9.80. The van der Waals surface area contributed by atoms with Crippen LogP contribution in [-0.2, 0) is 10.8 Å². The van der Waals surface area contributed by atoms with Crippen molar-refractivity contribution in [2.24, 2.45) is 0 Å². The zero-order valence-electron chi connectivity index (χ0n) is 28.8. The van der Waals surface area contributed by atoms with Crippen molar-refractivity contribution in [3.05, 3.63) is 167 Å². The van der Waals surface area contributed by atoms with Gasteiger partial charge in [-0.3, -0.25) is 0 Å². The lowest BCUT2D eigenvalue weighted by Gasteiger charge is -2.26. The highest BCUT2D eigenvalue weighted by Gasteiger charge is 2.41. The summed E-state index contributed by atoms with van der Waals surface area (Å²) in [7, 11) is 0. The Morgan fingerprint density at radius 1 is 0.347 bits per heavy atom. The first-order valence-corrected chi connectivity index (χ1v) is 17.6. The third kappa shape index (κ3) is 3.70. The molecule has 0 atom stereocenters. The molecule has 0 N–H and O–H groups in total. The van der Waals surface area contributed by atoms with E-state index < -0.39 is 0 Å². The summed E-state index contributed by atoms with van der Waals surface area (Å²) in [6, 6.07) is 52.8. The SMILES string of the molecule is Cc1ccc2c(-c3cc4c(c5c6c(ccc35)C(C)(C)c3ccccc3-6)-c3ccccc3C4(C)C)c3ccccc3c(-c3ccccc3)c2c1. The summed E-state index contributed by atoms with van der Waals surface area (Å²) in [6.07, 6.45) is 0. The van der Waals surface area contributed by atoms with Crippen LogP contribution >= 0.6 is 0 Å². The number of hydrogen-bond acceptors (Lipinski definition) is 0. The highest BCUT2D eigenvalue weighted by molar-refractivity contribution is 6.26. The first kappa shape index (κ1) is 28.5. The van der Waals surface area contributed by atoms with Gasteiger partial charge < -0.3 is 0 Å². The molecule has 0 bridgehead atoms. The van der Waals surface area contributed by atoms with Gasteiger partial charge in [0.2, 0.25) is 0 Å². The lowest BCUT2D eigenvalue weighted by molar-refractivity contribution is 0.660. The molecule has 234 valence electrons. The standard InChI is InChI=1S/C49H38/c1-29-23-24-33-37(27-29)43(30-15-7-6-8-16-30)31-17-9-10-18-32(31)44(33)38-28-42-46(36-20-12-14-22-40(36)49(42,4)5)47-34(38)25-26-41-45(47)35-19-11-13-21-39(35)48(41,2)3/h6-28H,1-5H3. The van der Waals surface area contributed by atoms with Crippen LogP contribution in [0, 0.1) is 6.92 Å². The number of rotatable bonds is 2. The third-order valence-electron chi connectivity index (χ3n) is 11.9. The Bertz CT molecular complexity index is 2680. The Kier molecular flexibility index (Phi) is 5.71. The lowest BCUT2D eigenvalue weighted by Crippen LogP contribution is -2.15. The predicted molar refractivity (Wildman–Crippen MR) is 210 cm³/mol. The van der Waals surface area contributed by atoms with Gasteiger partial charge in [0.1, 0.15) is 0 Å². The molecular weight excluding hydrogens is 589 g/mol. The maximum Gasteiger partial charge on any atom is 0.0159 e. The van der Waals surface area contributed by atoms with Crippen molar-refractivity contribution < 1.29 is 0 Å². The minimum absolute atomic E-state index is 0.0785. The largest absolute Gasteiger partial charge is 0.0622 e. The highest BCUT2D eigenvalue weighted by atomic mass is 14.4. The van der Waals surface area contributed by atoms with Crippen LogP contribution in [0.25, 0.3) is 76.8 Å². The minimum atomic E-state index is -0.141. The molecule has 10 rings (SSSR count). The van der Waals surface area contributed by atoms with Gasteiger partial charge in [0.05, 0.1) is 0 Å². The molecule has 0 saturated heterocycles. The molecule has 2 aliphatic carbocycles. The van der Waals surface area contributed by atoms with E-state index in [-0.39, 0.29) is 10.8 Å². The van der Waals surface area contributed by atoms with Crippen molar-refractivity contribution in [3.63, 3.8) is 0 Å². The van der Waals surface area contributed by atoms with E-state index in [0.29, 0.717) is 0 Å². The topological polar surface area (TPSA) is 0 Å². The van der Waals surface area contributed by atoms with E-state index in [1.165, 1.54) is 105 Å². The summed E-state index contributed by atoms with van der Waals surface area (Å²) in [5.41, 5.74) is 17.5. The van der Waals surface area contributed by atoms with Crippen LogP contribution in [0.5, 0.6) is 0 Å². The van der Waals surface area contributed by atoms with E-state index in [1.54, 1.807) is 0 Å². The van der Waals surface area contributed by atoms with Crippen LogP contribution in [0.15, 0.2) is 140 Å². The molecule has 0 amide bonds. The van der Waals surface area contributed by atoms with E-state index in [0.717, 1.165) is 0 Å². The number of hydrogen-bond donors (Lipinski definition) is 0. The van der Waals surface area contributed by atoms with Gasteiger partial charge >= 0.3 is 0 Å². The summed E-state index contributed by atoms with van der Waals surface area (Å²) < 4.78 is 0. The van der Waals surface area contributed by atoms with Crippen molar-refractivity contribution in [2.75, 3.05) is 0 Å². The van der Waals surface area contributed by atoms with Crippen LogP contribution in [-0.4, -0.2) is 0 Å². The van der Waals surface area contributed by atoms with E-state index >= 15 is 0 Å². The van der Waals surface area contributed by atoms with Gasteiger partial charge in [0.15, 0.2) is 0 Å². The molecule has 2 aliphatic rings. The Morgan fingerprint density at radius 2 is 0.878 bits per heavy atom. The molecule has 0 radical (unpaired) electrons. The quantitative estimate of drug-likeness (QED) is 0.168. The van der Waals surface area contributed by atoms with Gasteiger partial charge in [-0.05, 0) is 112 Å². The molecule has 0 fully saturated rings. The second-order valence-electron chi connectivity index (χ2n) is 15.3. The monoisotopic (exact) mass is 626 g/mol. The Balaban J connectivity index is 1.44. The van der Waals surface area contributed by atoms with E-state index in [2.05, 4.69) is 174 Å². The molecule has 0 aromatic heterocycles. The molecule has 8 aromatic carbocycles. The van der Waals surface area contributed by atoms with Crippen molar-refractivity contribution in [3.8, 4) is 44.5 Å². The lowest BCUT2D eigenvalue weighted by atomic mass is 9.77. The fourth-order valence-corrected chi connectivity index (χ4v) is 9.58. The Labute approximate surface area is 288 Å².